The van der Waals surface area contributed by atoms with Gasteiger partial charge in [-0.2, -0.15) is 0 Å². The van der Waals surface area contributed by atoms with Crippen molar-refractivity contribution in [1.29, 1.82) is 0 Å². The maximum absolute atomic E-state index is 6.00. The summed E-state index contributed by atoms with van der Waals surface area (Å²) in [6.07, 6.45) is 0. The van der Waals surface area contributed by atoms with Gasteiger partial charge in [-0.05, 0) is 0 Å². The minimum absolute atomic E-state index is 0. The van der Waals surface area contributed by atoms with E-state index in [1.165, 1.54) is 0 Å². The fourth-order valence-corrected chi connectivity index (χ4v) is 0. The van der Waals surface area contributed by atoms with E-state index in [0.717, 1.165) is 0 Å². The third-order valence-electron chi connectivity index (χ3n) is 0. The van der Waals surface area contributed by atoms with Gasteiger partial charge in [0, 0.05) is 0 Å². The van der Waals surface area contributed by atoms with E-state index in [0.29, 0.717) is 0 Å². The first-order valence-corrected chi connectivity index (χ1v) is 0.200. The second-order valence-electron chi connectivity index (χ2n) is 0. The average Bonchev–Trinajstić information content (AvgIpc) is 1.00. The first-order valence-electron chi connectivity index (χ1n) is 0.200. The third-order valence-corrected chi connectivity index (χ3v) is 0. The van der Waals surface area contributed by atoms with E-state index in [2.05, 4.69) is 0 Å². The lowest BCUT2D eigenvalue weighted by atomic mass is 15.0. The highest BCUT2D eigenvalue weighted by molar-refractivity contribution is 5.75. The minimum Gasteiger partial charge on any atom is -0.412 e. The summed E-state index contributed by atoms with van der Waals surface area (Å²) in [6.45, 7) is 0. The molecule has 0 rings (SSSR count). The fourth-order valence-electron chi connectivity index (χ4n) is 0. The molecule has 0 aromatic carbocycles. The summed E-state index contributed by atoms with van der Waals surface area (Å²) in [5.74, 6) is 0. The molecule has 0 aromatic heterocycles. The Morgan fingerprint density at radius 1 is 1.00 bits per heavy atom. The van der Waals surface area contributed by atoms with Crippen LogP contribution in [0.3, 0.4) is 0 Å². The largest absolute Gasteiger partial charge is 0.412 e. The standard InChI is InChI=1S/Al.H2O2.H2O.3H/c;1-2;;;;/h;1-2H;1H2;;;. The zero-order valence-corrected chi connectivity index (χ0v) is 1.39. The van der Waals surface area contributed by atoms with E-state index in [1.807, 2.05) is 0 Å². The van der Waals surface area contributed by atoms with Gasteiger partial charge in [-0.3, -0.25) is 10.5 Å². The molecule has 0 bridgehead atoms. The van der Waals surface area contributed by atoms with Gasteiger partial charge >= 0.3 is 0 Å². The molecule has 0 heterocycles. The molecule has 4 N–H and O–H groups in total. The van der Waals surface area contributed by atoms with Gasteiger partial charge in [-0.15, -0.1) is 0 Å². The quantitative estimate of drug-likeness (QED) is 0.202. The van der Waals surface area contributed by atoms with Gasteiger partial charge in [0.15, 0.2) is 17.4 Å². The first-order chi connectivity index (χ1) is 1.00. The van der Waals surface area contributed by atoms with Gasteiger partial charge in [0.2, 0.25) is 0 Å². The lowest BCUT2D eigenvalue weighted by molar-refractivity contribution is -0.176. The Balaban J connectivity index is -0.00000000500. The molecule has 0 saturated heterocycles. The zero-order chi connectivity index (χ0) is 2.00. The number of hydrogen-bond donors (Lipinski definition) is 2. The van der Waals surface area contributed by atoms with E-state index >= 15 is 0 Å². The molecular weight excluding hydrogens is 75.0 g/mol. The van der Waals surface area contributed by atoms with E-state index in [9.17, 15) is 0 Å². The Morgan fingerprint density at radius 3 is 1.00 bits per heavy atom. The van der Waals surface area contributed by atoms with E-state index in [4.69, 9.17) is 10.5 Å². The lowest BCUT2D eigenvalue weighted by Crippen LogP contribution is -1.29. The summed E-state index contributed by atoms with van der Waals surface area (Å²) in [6, 6.07) is 0. The summed E-state index contributed by atoms with van der Waals surface area (Å²) in [4.78, 5) is 0. The van der Waals surface area contributed by atoms with Gasteiger partial charge in [-0.1, -0.05) is 0 Å². The molecule has 0 aliphatic carbocycles. The topological polar surface area (TPSA) is 72.0 Å². The molecule has 0 atom stereocenters. The summed E-state index contributed by atoms with van der Waals surface area (Å²) in [5, 5.41) is 12.0. The minimum atomic E-state index is 0. The summed E-state index contributed by atoms with van der Waals surface area (Å²) in [7, 11) is 0. The number of rotatable bonds is 0. The predicted octanol–water partition coefficient (Wildman–Crippen LogP) is -1.99. The molecule has 0 amide bonds. The van der Waals surface area contributed by atoms with Crippen LogP contribution in [0.5, 0.6) is 0 Å². The van der Waals surface area contributed by atoms with Crippen LogP contribution in [0, 0.1) is 0 Å². The molecule has 4 heavy (non-hydrogen) atoms. The number of hydrogen-bond acceptors (Lipinski definition) is 2. The molecule has 4 heteroatoms. The van der Waals surface area contributed by atoms with E-state index < -0.39 is 0 Å². The van der Waals surface area contributed by atoms with Gasteiger partial charge in [-0.25, -0.2) is 0 Å². The SMILES string of the molecule is O.OO.[AlH3]. The molecule has 0 fully saturated rings. The molecular formula is H7AlO3. The molecule has 0 unspecified atom stereocenters. The van der Waals surface area contributed by atoms with Crippen molar-refractivity contribution in [2.24, 2.45) is 0 Å². The van der Waals surface area contributed by atoms with Crippen molar-refractivity contribution in [3.63, 3.8) is 0 Å². The van der Waals surface area contributed by atoms with Crippen molar-refractivity contribution in [2.75, 3.05) is 0 Å². The van der Waals surface area contributed by atoms with E-state index in [-0.39, 0.29) is 22.8 Å². The first kappa shape index (κ1) is 25.8. The smallest absolute Gasteiger partial charge is 0.187 e. The fraction of sp³-hybridized carbons (Fsp3) is 0. The Hall–Kier alpha value is 0.412. The molecule has 0 spiro atoms. The van der Waals surface area contributed by atoms with Crippen LogP contribution in [0.25, 0.3) is 0 Å². The molecule has 28 valence electrons. The van der Waals surface area contributed by atoms with Gasteiger partial charge in [0.1, 0.15) is 0 Å². The Labute approximate surface area is 34.2 Å². The van der Waals surface area contributed by atoms with Crippen molar-refractivity contribution in [3.8, 4) is 0 Å². The van der Waals surface area contributed by atoms with Crippen LogP contribution in [0.2, 0.25) is 0 Å². The van der Waals surface area contributed by atoms with Crippen molar-refractivity contribution in [1.82, 2.24) is 0 Å². The normalized spacial score (nSPS) is 1.50. The summed E-state index contributed by atoms with van der Waals surface area (Å²) < 4.78 is 0. The Kier molecular flexibility index (Phi) is 752. The third kappa shape index (κ3) is 28.3. The highest BCUT2D eigenvalue weighted by Gasteiger charge is 0.745. The van der Waals surface area contributed by atoms with Gasteiger partial charge in [0.05, 0.1) is 0 Å². The molecule has 3 nitrogen and oxygen atoms in total. The maximum atomic E-state index is 6.00. The summed E-state index contributed by atoms with van der Waals surface area (Å²) >= 11 is 0. The van der Waals surface area contributed by atoms with E-state index in [1.54, 1.807) is 0 Å². The van der Waals surface area contributed by atoms with Crippen LogP contribution < -0.4 is 0 Å². The van der Waals surface area contributed by atoms with Crippen LogP contribution in [0.15, 0.2) is 0 Å². The second-order valence-corrected chi connectivity index (χ2v) is 0. The van der Waals surface area contributed by atoms with Crippen molar-refractivity contribution >= 4 is 17.4 Å². The van der Waals surface area contributed by atoms with Crippen LogP contribution in [0.4, 0.5) is 0 Å². The highest BCUT2D eigenvalue weighted by Crippen LogP contribution is 0.711. The van der Waals surface area contributed by atoms with Crippen LogP contribution in [-0.4, -0.2) is 33.4 Å². The zero-order valence-electron chi connectivity index (χ0n) is 1.39. The second kappa shape index (κ2) is 117. The molecule has 0 aliphatic rings. The van der Waals surface area contributed by atoms with Crippen LogP contribution >= 0.6 is 0 Å². The maximum Gasteiger partial charge on any atom is 0.187 e. The average molecular weight is 82.0 g/mol. The van der Waals surface area contributed by atoms with Crippen molar-refractivity contribution in [3.05, 3.63) is 0 Å². The molecule has 0 radical (unpaired) electrons. The van der Waals surface area contributed by atoms with Gasteiger partial charge in [0.25, 0.3) is 0 Å². The van der Waals surface area contributed by atoms with Crippen LogP contribution in [-0.2, 0) is 0 Å². The monoisotopic (exact) mass is 82.0 g/mol. The predicted molar refractivity (Wildman–Crippen MR) is 18.8 cm³/mol. The lowest BCUT2D eigenvalue weighted by Gasteiger charge is -1.25. The Morgan fingerprint density at radius 2 is 1.00 bits per heavy atom. The van der Waals surface area contributed by atoms with Crippen molar-refractivity contribution in [2.45, 2.75) is 0 Å². The Bertz CT molecular complexity index is 3.25. The van der Waals surface area contributed by atoms with Gasteiger partial charge < -0.3 is 5.48 Å². The molecule has 0 aromatic rings. The van der Waals surface area contributed by atoms with Crippen molar-refractivity contribution < 1.29 is 16.0 Å². The highest BCUT2D eigenvalue weighted by atomic mass is 27.0. The van der Waals surface area contributed by atoms with Crippen LogP contribution in [0.1, 0.15) is 0 Å². The summed E-state index contributed by atoms with van der Waals surface area (Å²) in [5.41, 5.74) is 0. The molecule has 0 aliphatic heterocycles. The molecule has 0 saturated carbocycles.